The number of benzene rings is 2. The van der Waals surface area contributed by atoms with E-state index in [9.17, 15) is 4.79 Å². The first-order valence-electron chi connectivity index (χ1n) is 8.32. The third-order valence-electron chi connectivity index (χ3n) is 3.71. The Balaban J connectivity index is 1.62. The van der Waals surface area contributed by atoms with Crippen LogP contribution in [0, 0.1) is 0 Å². The molecule has 3 aromatic rings. The minimum Gasteiger partial charge on any atom is -0.339 e. The molecule has 0 fully saturated rings. The van der Waals surface area contributed by atoms with Crippen LogP contribution < -0.4 is 16.0 Å². The van der Waals surface area contributed by atoms with E-state index in [0.29, 0.717) is 0 Å². The molecule has 2 aromatic carbocycles. The highest BCUT2D eigenvalue weighted by molar-refractivity contribution is 7.80. The molecule has 0 saturated carbocycles. The fraction of sp³-hybridized carbons (Fsp3) is 0.105. The zero-order valence-electron chi connectivity index (χ0n) is 14.7. The summed E-state index contributed by atoms with van der Waals surface area (Å²) in [6, 6.07) is 15.0. The maximum atomic E-state index is 12.2. The van der Waals surface area contributed by atoms with Crippen LogP contribution in [0.25, 0.3) is 16.3 Å². The van der Waals surface area contributed by atoms with Crippen molar-refractivity contribution in [2.24, 2.45) is 0 Å². The molecule has 29 heavy (non-hydrogen) atoms. The number of amides is 1. The quantitative estimate of drug-likeness (QED) is 0.203. The Bertz CT molecular complexity index is 1030. The Morgan fingerprint density at radius 2 is 1.90 bits per heavy atom. The Labute approximate surface area is 192 Å². The maximum Gasteiger partial charge on any atom is 0.245 e. The van der Waals surface area contributed by atoms with Crippen LogP contribution >= 0.6 is 58.4 Å². The van der Waals surface area contributed by atoms with Gasteiger partial charge in [-0.25, -0.2) is 4.98 Å². The molecule has 3 N–H and O–H groups in total. The van der Waals surface area contributed by atoms with Crippen LogP contribution in [0.4, 0.5) is 5.69 Å². The summed E-state index contributed by atoms with van der Waals surface area (Å²) in [6.45, 7) is 0. The summed E-state index contributed by atoms with van der Waals surface area (Å²) in [6.07, 6.45) is 1.97. The SMILES string of the molecule is O=C(/C=C/c1ccccc1)NC(NC(=S)Nc1ccc2ncsc2c1)C(Cl)(Cl)Cl. The molecule has 1 atom stereocenters. The molecule has 0 bridgehead atoms. The molecular weight excluding hydrogens is 471 g/mol. The van der Waals surface area contributed by atoms with E-state index in [1.807, 2.05) is 48.5 Å². The second kappa shape index (κ2) is 9.73. The van der Waals surface area contributed by atoms with Gasteiger partial charge in [0.1, 0.15) is 6.17 Å². The number of aromatic nitrogens is 1. The fourth-order valence-corrected chi connectivity index (χ4v) is 3.64. The van der Waals surface area contributed by atoms with E-state index in [0.717, 1.165) is 21.5 Å². The lowest BCUT2D eigenvalue weighted by Crippen LogP contribution is -2.55. The first kappa shape index (κ1) is 21.8. The molecule has 1 amide bonds. The number of hydrogen-bond donors (Lipinski definition) is 3. The number of hydrogen-bond acceptors (Lipinski definition) is 4. The highest BCUT2D eigenvalue weighted by Gasteiger charge is 2.34. The Hall–Kier alpha value is -1.90. The van der Waals surface area contributed by atoms with E-state index in [1.165, 1.54) is 17.4 Å². The van der Waals surface area contributed by atoms with E-state index < -0.39 is 15.9 Å². The number of thiocarbonyl (C=S) groups is 1. The number of anilines is 1. The van der Waals surface area contributed by atoms with Crippen LogP contribution in [0.15, 0.2) is 60.1 Å². The molecule has 1 aromatic heterocycles. The molecule has 1 heterocycles. The van der Waals surface area contributed by atoms with Gasteiger partial charge in [-0.2, -0.15) is 0 Å². The van der Waals surface area contributed by atoms with Crippen LogP contribution in [0.1, 0.15) is 5.56 Å². The second-order valence-corrected chi connectivity index (χ2v) is 9.52. The summed E-state index contributed by atoms with van der Waals surface area (Å²) in [7, 11) is 0. The highest BCUT2D eigenvalue weighted by atomic mass is 35.6. The fourth-order valence-electron chi connectivity index (χ4n) is 2.36. The van der Waals surface area contributed by atoms with Gasteiger partial charge in [-0.3, -0.25) is 4.79 Å². The lowest BCUT2D eigenvalue weighted by atomic mass is 10.2. The predicted octanol–water partition coefficient (Wildman–Crippen LogP) is 5.11. The van der Waals surface area contributed by atoms with E-state index in [2.05, 4.69) is 20.9 Å². The summed E-state index contributed by atoms with van der Waals surface area (Å²) in [5.41, 5.74) is 4.29. The van der Waals surface area contributed by atoms with Crippen LogP contribution in [0.3, 0.4) is 0 Å². The van der Waals surface area contributed by atoms with Crippen LogP contribution in [0.2, 0.25) is 0 Å². The van der Waals surface area contributed by atoms with E-state index >= 15 is 0 Å². The molecule has 0 saturated heterocycles. The van der Waals surface area contributed by atoms with E-state index in [1.54, 1.807) is 11.6 Å². The Kier molecular flexibility index (Phi) is 7.32. The number of halogens is 3. The molecule has 0 aliphatic heterocycles. The number of rotatable bonds is 5. The van der Waals surface area contributed by atoms with E-state index in [4.69, 9.17) is 47.0 Å². The summed E-state index contributed by atoms with van der Waals surface area (Å²) < 4.78 is -0.820. The van der Waals surface area contributed by atoms with Gasteiger partial charge >= 0.3 is 0 Å². The third kappa shape index (κ3) is 6.55. The summed E-state index contributed by atoms with van der Waals surface area (Å²) in [4.78, 5) is 16.5. The molecule has 0 spiro atoms. The van der Waals surface area contributed by atoms with Crippen LogP contribution in [-0.2, 0) is 4.79 Å². The third-order valence-corrected chi connectivity index (χ3v) is 5.37. The average molecular weight is 486 g/mol. The molecule has 5 nitrogen and oxygen atoms in total. The topological polar surface area (TPSA) is 66.1 Å². The summed E-state index contributed by atoms with van der Waals surface area (Å²) in [5.74, 6) is -0.438. The zero-order valence-corrected chi connectivity index (χ0v) is 18.6. The molecule has 0 aliphatic rings. The first-order chi connectivity index (χ1) is 13.8. The lowest BCUT2D eigenvalue weighted by Gasteiger charge is -2.27. The van der Waals surface area contributed by atoms with Gasteiger partial charge in [0.15, 0.2) is 5.11 Å². The Morgan fingerprint density at radius 1 is 1.14 bits per heavy atom. The minimum atomic E-state index is -1.83. The molecule has 0 radical (unpaired) electrons. The molecule has 1 unspecified atom stereocenters. The lowest BCUT2D eigenvalue weighted by molar-refractivity contribution is -0.117. The number of alkyl halides is 3. The van der Waals surface area contributed by atoms with Crippen molar-refractivity contribution in [2.75, 3.05) is 5.32 Å². The van der Waals surface area contributed by atoms with Gasteiger partial charge in [0, 0.05) is 11.8 Å². The second-order valence-electron chi connectivity index (χ2n) is 5.86. The molecule has 0 aliphatic carbocycles. The average Bonchev–Trinajstić information content (AvgIpc) is 3.14. The van der Waals surface area contributed by atoms with Gasteiger partial charge in [0.05, 0.1) is 15.7 Å². The normalized spacial score (nSPS) is 12.7. The van der Waals surface area contributed by atoms with Gasteiger partial charge in [-0.05, 0) is 42.1 Å². The first-order valence-corrected chi connectivity index (χ1v) is 10.7. The van der Waals surface area contributed by atoms with Crippen molar-refractivity contribution in [3.8, 4) is 0 Å². The highest BCUT2D eigenvalue weighted by Crippen LogP contribution is 2.29. The van der Waals surface area contributed by atoms with Crippen molar-refractivity contribution in [3.05, 3.63) is 65.7 Å². The largest absolute Gasteiger partial charge is 0.339 e. The number of thiazole rings is 1. The number of carbonyl (C=O) groups excluding carboxylic acids is 1. The number of nitrogens with one attached hydrogen (secondary N) is 3. The molecule has 10 heteroatoms. The van der Waals surface area contributed by atoms with Crippen molar-refractivity contribution in [1.82, 2.24) is 15.6 Å². The number of carbonyl (C=O) groups is 1. The van der Waals surface area contributed by atoms with Crippen molar-refractivity contribution in [2.45, 2.75) is 9.96 Å². The molecule has 150 valence electrons. The van der Waals surface area contributed by atoms with Crippen molar-refractivity contribution in [3.63, 3.8) is 0 Å². The molecular formula is C19H15Cl3N4OS2. The van der Waals surface area contributed by atoms with Crippen molar-refractivity contribution < 1.29 is 4.79 Å². The van der Waals surface area contributed by atoms with Gasteiger partial charge in [0.2, 0.25) is 9.70 Å². The summed E-state index contributed by atoms with van der Waals surface area (Å²) >= 11 is 24.8. The maximum absolute atomic E-state index is 12.2. The van der Waals surface area contributed by atoms with Gasteiger partial charge in [-0.15, -0.1) is 11.3 Å². The number of nitrogens with zero attached hydrogens (tertiary/aromatic N) is 1. The smallest absolute Gasteiger partial charge is 0.245 e. The minimum absolute atomic E-state index is 0.192. The zero-order chi connectivity index (χ0) is 20.9. The van der Waals surface area contributed by atoms with Crippen LogP contribution in [0.5, 0.6) is 0 Å². The van der Waals surface area contributed by atoms with Crippen molar-refractivity contribution >= 4 is 91.4 Å². The van der Waals surface area contributed by atoms with E-state index in [-0.39, 0.29) is 5.11 Å². The van der Waals surface area contributed by atoms with Gasteiger partial charge in [0.25, 0.3) is 0 Å². The van der Waals surface area contributed by atoms with Crippen molar-refractivity contribution in [1.29, 1.82) is 0 Å². The van der Waals surface area contributed by atoms with Crippen LogP contribution in [-0.4, -0.2) is 26.0 Å². The summed E-state index contributed by atoms with van der Waals surface area (Å²) in [5, 5.41) is 8.63. The van der Waals surface area contributed by atoms with Gasteiger partial charge in [-0.1, -0.05) is 65.1 Å². The van der Waals surface area contributed by atoms with Gasteiger partial charge < -0.3 is 16.0 Å². The standard InChI is InChI=1S/C19H15Cl3N4OS2/c20-19(21,22)17(25-16(27)9-6-12-4-2-1-3-5-12)26-18(28)24-13-7-8-14-15(10-13)29-11-23-14/h1-11,17H,(H,25,27)(H2,24,26,28)/b9-6+. The Morgan fingerprint density at radius 3 is 2.62 bits per heavy atom. The monoisotopic (exact) mass is 484 g/mol. The molecule has 3 rings (SSSR count). The number of fused-ring (bicyclic) bond motifs is 1. The predicted molar refractivity (Wildman–Crippen MR) is 127 cm³/mol.